The molecule has 7 nitrogen and oxygen atoms in total. The SMILES string of the molecule is COc1ccc(Cl)cc1NC(=O)CSc1ccc(NC(=O)/C=C(\C)C(=O)O)cc1. The molecule has 0 aromatic heterocycles. The number of hydrogen-bond donors (Lipinski definition) is 3. The van der Waals surface area contributed by atoms with Gasteiger partial charge in [0.25, 0.3) is 0 Å². The highest BCUT2D eigenvalue weighted by molar-refractivity contribution is 8.00. The Bertz CT molecular complexity index is 944. The maximum Gasteiger partial charge on any atom is 0.331 e. The van der Waals surface area contributed by atoms with Crippen LogP contribution in [-0.4, -0.2) is 35.8 Å². The highest BCUT2D eigenvalue weighted by Gasteiger charge is 2.09. The van der Waals surface area contributed by atoms with Crippen LogP contribution in [0.3, 0.4) is 0 Å². The second-order valence-corrected chi connectivity index (χ2v) is 7.31. The summed E-state index contributed by atoms with van der Waals surface area (Å²) >= 11 is 7.27. The maximum absolute atomic E-state index is 12.2. The molecule has 0 aliphatic rings. The van der Waals surface area contributed by atoms with Crippen LogP contribution in [-0.2, 0) is 14.4 Å². The van der Waals surface area contributed by atoms with Crippen molar-refractivity contribution >= 4 is 52.5 Å². The molecular formula is C20H19ClN2O5S. The Kier molecular flexibility index (Phi) is 8.11. The number of benzene rings is 2. The highest BCUT2D eigenvalue weighted by atomic mass is 35.5. The fourth-order valence-corrected chi connectivity index (χ4v) is 3.05. The lowest BCUT2D eigenvalue weighted by Gasteiger charge is -2.10. The zero-order chi connectivity index (χ0) is 21.4. The van der Waals surface area contributed by atoms with Gasteiger partial charge in [-0.15, -0.1) is 11.8 Å². The molecule has 0 saturated carbocycles. The molecule has 3 N–H and O–H groups in total. The third kappa shape index (κ3) is 7.17. The van der Waals surface area contributed by atoms with E-state index in [9.17, 15) is 14.4 Å². The standard InChI is InChI=1S/C20H19ClN2O5S/c1-12(20(26)27)9-18(24)22-14-4-6-15(7-5-14)29-11-19(25)23-16-10-13(21)3-8-17(16)28-2/h3-10H,11H2,1-2H3,(H,22,24)(H,23,25)(H,26,27)/b12-9+. The van der Waals surface area contributed by atoms with Crippen LogP contribution in [0.15, 0.2) is 59.0 Å². The first-order valence-corrected chi connectivity index (χ1v) is 9.73. The van der Waals surface area contributed by atoms with E-state index in [1.807, 2.05) is 0 Å². The average molecular weight is 435 g/mol. The molecule has 0 unspecified atom stereocenters. The molecule has 0 heterocycles. The van der Waals surface area contributed by atoms with E-state index in [0.717, 1.165) is 11.0 Å². The van der Waals surface area contributed by atoms with Crippen LogP contribution in [0.1, 0.15) is 6.92 Å². The summed E-state index contributed by atoms with van der Waals surface area (Å²) in [6.45, 7) is 1.34. The van der Waals surface area contributed by atoms with Crippen molar-refractivity contribution in [2.24, 2.45) is 0 Å². The number of methoxy groups -OCH3 is 1. The Morgan fingerprint density at radius 1 is 1.14 bits per heavy atom. The molecule has 0 atom stereocenters. The highest BCUT2D eigenvalue weighted by Crippen LogP contribution is 2.28. The van der Waals surface area contributed by atoms with Gasteiger partial charge < -0.3 is 20.5 Å². The number of carbonyl (C=O) groups excluding carboxylic acids is 2. The summed E-state index contributed by atoms with van der Waals surface area (Å²) in [5.41, 5.74) is 0.951. The van der Waals surface area contributed by atoms with E-state index in [-0.39, 0.29) is 17.2 Å². The van der Waals surface area contributed by atoms with Gasteiger partial charge in [0.05, 0.1) is 18.6 Å². The molecule has 9 heteroatoms. The van der Waals surface area contributed by atoms with Crippen LogP contribution < -0.4 is 15.4 Å². The number of hydrogen-bond acceptors (Lipinski definition) is 5. The van der Waals surface area contributed by atoms with Crippen molar-refractivity contribution in [3.05, 3.63) is 59.1 Å². The number of halogens is 1. The average Bonchev–Trinajstić information content (AvgIpc) is 2.67. The molecule has 0 radical (unpaired) electrons. The lowest BCUT2D eigenvalue weighted by atomic mass is 10.2. The number of anilines is 2. The second kappa shape index (κ2) is 10.5. The van der Waals surface area contributed by atoms with E-state index in [2.05, 4.69) is 10.6 Å². The smallest absolute Gasteiger partial charge is 0.331 e. The molecule has 0 aliphatic carbocycles. The first kappa shape index (κ1) is 22.3. The van der Waals surface area contributed by atoms with Crippen LogP contribution in [0.2, 0.25) is 5.02 Å². The Morgan fingerprint density at radius 3 is 2.45 bits per heavy atom. The van der Waals surface area contributed by atoms with Crippen LogP contribution in [0.4, 0.5) is 11.4 Å². The Balaban J connectivity index is 1.89. The molecular weight excluding hydrogens is 416 g/mol. The van der Waals surface area contributed by atoms with E-state index in [1.54, 1.807) is 42.5 Å². The Morgan fingerprint density at radius 2 is 1.83 bits per heavy atom. The van der Waals surface area contributed by atoms with Gasteiger partial charge in [-0.25, -0.2) is 4.79 Å². The number of amides is 2. The minimum atomic E-state index is -1.15. The number of nitrogens with one attached hydrogen (secondary N) is 2. The van der Waals surface area contributed by atoms with Crippen LogP contribution in [0.25, 0.3) is 0 Å². The molecule has 0 spiro atoms. The van der Waals surface area contributed by atoms with Crippen molar-refractivity contribution in [3.8, 4) is 5.75 Å². The predicted octanol–water partition coefficient (Wildman–Crippen LogP) is 4.05. The van der Waals surface area contributed by atoms with Crippen molar-refractivity contribution in [2.45, 2.75) is 11.8 Å². The molecule has 2 amide bonds. The first-order valence-electron chi connectivity index (χ1n) is 8.37. The lowest BCUT2D eigenvalue weighted by molar-refractivity contribution is -0.132. The molecule has 0 saturated heterocycles. The number of carboxylic acid groups (broad SMARTS) is 1. The topological polar surface area (TPSA) is 105 Å². The Labute approximate surface area is 177 Å². The second-order valence-electron chi connectivity index (χ2n) is 5.83. The normalized spacial score (nSPS) is 10.9. The van der Waals surface area contributed by atoms with Crippen LogP contribution >= 0.6 is 23.4 Å². The monoisotopic (exact) mass is 434 g/mol. The molecule has 152 valence electrons. The molecule has 0 fully saturated rings. The van der Waals surface area contributed by atoms with E-state index in [4.69, 9.17) is 21.4 Å². The van der Waals surface area contributed by atoms with Gasteiger partial charge in [-0.2, -0.15) is 0 Å². The summed E-state index contributed by atoms with van der Waals surface area (Å²) in [5, 5.41) is 14.6. The van der Waals surface area contributed by atoms with Gasteiger partial charge in [0.2, 0.25) is 11.8 Å². The fraction of sp³-hybridized carbons (Fsp3) is 0.150. The van der Waals surface area contributed by atoms with Gasteiger partial charge in [-0.1, -0.05) is 11.6 Å². The van der Waals surface area contributed by atoms with Gasteiger partial charge in [0.15, 0.2) is 0 Å². The van der Waals surface area contributed by atoms with Crippen molar-refractivity contribution in [1.82, 2.24) is 0 Å². The minimum absolute atomic E-state index is 0.0583. The lowest BCUT2D eigenvalue weighted by Crippen LogP contribution is -2.14. The molecule has 2 rings (SSSR count). The van der Waals surface area contributed by atoms with Crippen LogP contribution in [0, 0.1) is 0 Å². The number of carbonyl (C=O) groups is 3. The summed E-state index contributed by atoms with van der Waals surface area (Å²) in [5.74, 6) is -1.22. The molecule has 29 heavy (non-hydrogen) atoms. The van der Waals surface area contributed by atoms with Gasteiger partial charge in [0.1, 0.15) is 5.75 Å². The number of thioether (sulfide) groups is 1. The van der Waals surface area contributed by atoms with Gasteiger partial charge in [-0.3, -0.25) is 9.59 Å². The summed E-state index contributed by atoms with van der Waals surface area (Å²) < 4.78 is 5.19. The van der Waals surface area contributed by atoms with E-state index < -0.39 is 11.9 Å². The number of carboxylic acids is 1. The van der Waals surface area contributed by atoms with Gasteiger partial charge >= 0.3 is 5.97 Å². The minimum Gasteiger partial charge on any atom is -0.495 e. The molecule has 2 aromatic rings. The quantitative estimate of drug-likeness (QED) is 0.427. The van der Waals surface area contributed by atoms with E-state index in [0.29, 0.717) is 22.1 Å². The third-order valence-corrected chi connectivity index (χ3v) is 4.86. The largest absolute Gasteiger partial charge is 0.495 e. The van der Waals surface area contributed by atoms with Crippen molar-refractivity contribution in [2.75, 3.05) is 23.5 Å². The van der Waals surface area contributed by atoms with E-state index in [1.165, 1.54) is 25.8 Å². The number of ether oxygens (including phenoxy) is 1. The fourth-order valence-electron chi connectivity index (χ4n) is 2.18. The Hall–Kier alpha value is -2.97. The summed E-state index contributed by atoms with van der Waals surface area (Å²) in [4.78, 5) is 35.5. The van der Waals surface area contributed by atoms with Crippen LogP contribution in [0.5, 0.6) is 5.75 Å². The van der Waals surface area contributed by atoms with Gasteiger partial charge in [-0.05, 0) is 49.4 Å². The van der Waals surface area contributed by atoms with Crippen molar-refractivity contribution in [1.29, 1.82) is 0 Å². The third-order valence-electron chi connectivity index (χ3n) is 3.61. The first-order chi connectivity index (χ1) is 13.8. The predicted molar refractivity (Wildman–Crippen MR) is 114 cm³/mol. The van der Waals surface area contributed by atoms with Crippen molar-refractivity contribution in [3.63, 3.8) is 0 Å². The molecule has 0 bridgehead atoms. The summed E-state index contributed by atoms with van der Waals surface area (Å²) in [6, 6.07) is 11.8. The van der Waals surface area contributed by atoms with Crippen molar-refractivity contribution < 1.29 is 24.2 Å². The molecule has 2 aromatic carbocycles. The zero-order valence-electron chi connectivity index (χ0n) is 15.7. The number of rotatable bonds is 8. The maximum atomic E-state index is 12.2. The summed E-state index contributed by atoms with van der Waals surface area (Å²) in [6.07, 6.45) is 1.01. The summed E-state index contributed by atoms with van der Waals surface area (Å²) in [7, 11) is 1.51. The van der Waals surface area contributed by atoms with E-state index >= 15 is 0 Å². The molecule has 0 aliphatic heterocycles. The zero-order valence-corrected chi connectivity index (χ0v) is 17.3. The van der Waals surface area contributed by atoms with Gasteiger partial charge in [0, 0.05) is 27.3 Å². The number of aliphatic carboxylic acids is 1.